The van der Waals surface area contributed by atoms with Crippen LogP contribution >= 0.6 is 0 Å². The summed E-state index contributed by atoms with van der Waals surface area (Å²) in [5.74, 6) is 0.935. The zero-order valence-corrected chi connectivity index (χ0v) is 13.9. The van der Waals surface area contributed by atoms with Crippen molar-refractivity contribution in [2.75, 3.05) is 0 Å². The average Bonchev–Trinajstić information content (AvgIpc) is 2.37. The van der Waals surface area contributed by atoms with Crippen LogP contribution in [-0.4, -0.2) is 0 Å². The van der Waals surface area contributed by atoms with E-state index >= 15 is 0 Å². The van der Waals surface area contributed by atoms with Crippen LogP contribution in [0.15, 0.2) is 0 Å². The molecule has 0 aliphatic rings. The normalized spacial score (nSPS) is 9.18. The quantitative estimate of drug-likeness (QED) is 0.414. The molecule has 0 aromatic carbocycles. The smallest absolute Gasteiger partial charge is 0.0448 e. The van der Waals surface area contributed by atoms with Crippen molar-refractivity contribution in [3.05, 3.63) is 0 Å². The Labute approximate surface area is 113 Å². The van der Waals surface area contributed by atoms with Gasteiger partial charge >= 0.3 is 0 Å². The molecule has 0 bridgehead atoms. The maximum atomic E-state index is 2.28. The highest BCUT2D eigenvalue weighted by Gasteiger charge is 1.88. The van der Waals surface area contributed by atoms with Gasteiger partial charge in [-0.15, -0.1) is 0 Å². The molecule has 0 aromatic heterocycles. The van der Waals surface area contributed by atoms with Crippen LogP contribution in [0, 0.1) is 5.92 Å². The van der Waals surface area contributed by atoms with Gasteiger partial charge in [0.15, 0.2) is 0 Å². The Morgan fingerprint density at radius 1 is 0.529 bits per heavy atom. The second kappa shape index (κ2) is 25.0. The Bertz CT molecular complexity index is 76.0. The molecule has 0 N–H and O–H groups in total. The van der Waals surface area contributed by atoms with E-state index in [4.69, 9.17) is 0 Å². The first-order chi connectivity index (χ1) is 8.14. The van der Waals surface area contributed by atoms with Crippen LogP contribution in [0.3, 0.4) is 0 Å². The van der Waals surface area contributed by atoms with Gasteiger partial charge in [-0.2, -0.15) is 0 Å². The summed E-state index contributed by atoms with van der Waals surface area (Å²) in [4.78, 5) is 0. The molecule has 0 saturated carbocycles. The maximum Gasteiger partial charge on any atom is -0.0448 e. The van der Waals surface area contributed by atoms with Crippen LogP contribution in [0.2, 0.25) is 0 Å². The molecule has 0 nitrogen and oxygen atoms in total. The fourth-order valence-corrected chi connectivity index (χ4v) is 1.14. The molecular formula is C17H40. The van der Waals surface area contributed by atoms with Crippen molar-refractivity contribution in [2.45, 2.75) is 106 Å². The molecule has 0 aliphatic carbocycles. The summed E-state index contributed by atoms with van der Waals surface area (Å²) in [6.07, 6.45) is 12.3. The monoisotopic (exact) mass is 244 g/mol. The lowest BCUT2D eigenvalue weighted by Gasteiger charge is -1.98. The van der Waals surface area contributed by atoms with Crippen molar-refractivity contribution >= 4 is 0 Å². The second-order valence-corrected chi connectivity index (χ2v) is 4.98. The number of hydrogen-bond donors (Lipinski definition) is 0. The molecule has 0 atom stereocenters. The molecule has 0 aromatic rings. The predicted molar refractivity (Wildman–Crippen MR) is 84.8 cm³/mol. The fourth-order valence-electron chi connectivity index (χ4n) is 1.14. The highest BCUT2D eigenvalue weighted by atomic mass is 13.9. The van der Waals surface area contributed by atoms with Crippen LogP contribution in [0.25, 0.3) is 0 Å². The first-order valence-electron chi connectivity index (χ1n) is 8.14. The van der Waals surface area contributed by atoms with Crippen LogP contribution < -0.4 is 0 Å². The van der Waals surface area contributed by atoms with Gasteiger partial charge in [0.1, 0.15) is 0 Å². The SMILES string of the molecule is CCC(C)CC.CCCCC.CCCCCC. The molecule has 0 spiro atoms. The molecule has 0 radical (unpaired) electrons. The van der Waals surface area contributed by atoms with Crippen molar-refractivity contribution in [3.8, 4) is 0 Å². The molecule has 0 unspecified atom stereocenters. The third kappa shape index (κ3) is 38.7. The molecule has 0 saturated heterocycles. The standard InChI is InChI=1S/2C6H14.C5H12/c1-4-6(3)5-2;1-3-5-6-4-2;1-3-5-4-2/h6H,4-5H2,1-3H3;3-6H2,1-2H3;3-5H2,1-2H3. The Balaban J connectivity index is -0.000000174. The van der Waals surface area contributed by atoms with E-state index in [0.29, 0.717) is 0 Å². The first-order valence-corrected chi connectivity index (χ1v) is 8.14. The van der Waals surface area contributed by atoms with Gasteiger partial charge in [0.25, 0.3) is 0 Å². The largest absolute Gasteiger partial charge is 0.0654 e. The van der Waals surface area contributed by atoms with Crippen LogP contribution in [-0.2, 0) is 0 Å². The van der Waals surface area contributed by atoms with Gasteiger partial charge in [-0.1, -0.05) is 106 Å². The van der Waals surface area contributed by atoms with E-state index in [2.05, 4.69) is 48.5 Å². The summed E-state index contributed by atoms with van der Waals surface area (Å²) in [5, 5.41) is 0. The van der Waals surface area contributed by atoms with Crippen LogP contribution in [0.1, 0.15) is 106 Å². The van der Waals surface area contributed by atoms with Crippen molar-refractivity contribution in [2.24, 2.45) is 5.92 Å². The molecule has 0 rings (SSSR count). The summed E-state index contributed by atoms with van der Waals surface area (Å²) in [6.45, 7) is 15.6. The van der Waals surface area contributed by atoms with E-state index < -0.39 is 0 Å². The Morgan fingerprint density at radius 2 is 0.824 bits per heavy atom. The van der Waals surface area contributed by atoms with E-state index in [0.717, 1.165) is 5.92 Å². The van der Waals surface area contributed by atoms with Gasteiger partial charge in [0.2, 0.25) is 0 Å². The lowest BCUT2D eigenvalue weighted by Crippen LogP contribution is -1.85. The summed E-state index contributed by atoms with van der Waals surface area (Å²) in [5.41, 5.74) is 0. The molecule has 0 aliphatic heterocycles. The minimum atomic E-state index is 0.935. The van der Waals surface area contributed by atoms with Gasteiger partial charge in [-0.3, -0.25) is 0 Å². The van der Waals surface area contributed by atoms with Crippen molar-refractivity contribution in [1.82, 2.24) is 0 Å². The highest BCUT2D eigenvalue weighted by molar-refractivity contribution is 4.41. The lowest BCUT2D eigenvalue weighted by molar-refractivity contribution is 0.544. The van der Waals surface area contributed by atoms with Crippen molar-refractivity contribution in [3.63, 3.8) is 0 Å². The van der Waals surface area contributed by atoms with Gasteiger partial charge in [0.05, 0.1) is 0 Å². The minimum absolute atomic E-state index is 0.935. The molecule has 0 heteroatoms. The predicted octanol–water partition coefficient (Wildman–Crippen LogP) is 7.23. The Hall–Kier alpha value is 0. The number of unbranched alkanes of at least 4 members (excludes halogenated alkanes) is 5. The van der Waals surface area contributed by atoms with Gasteiger partial charge in [0, 0.05) is 0 Å². The second-order valence-electron chi connectivity index (χ2n) is 4.98. The van der Waals surface area contributed by atoms with Crippen molar-refractivity contribution in [1.29, 1.82) is 0 Å². The van der Waals surface area contributed by atoms with Crippen molar-refractivity contribution < 1.29 is 0 Å². The minimum Gasteiger partial charge on any atom is -0.0654 e. The summed E-state index contributed by atoms with van der Waals surface area (Å²) in [6, 6.07) is 0. The molecule has 17 heavy (non-hydrogen) atoms. The first kappa shape index (κ1) is 22.2. The molecule has 108 valence electrons. The van der Waals surface area contributed by atoms with Crippen LogP contribution in [0.5, 0.6) is 0 Å². The van der Waals surface area contributed by atoms with Gasteiger partial charge in [-0.05, 0) is 5.92 Å². The lowest BCUT2D eigenvalue weighted by atomic mass is 10.1. The van der Waals surface area contributed by atoms with E-state index in [9.17, 15) is 0 Å². The van der Waals surface area contributed by atoms with E-state index in [1.807, 2.05) is 0 Å². The number of hydrogen-bond acceptors (Lipinski definition) is 0. The molecule has 0 heterocycles. The van der Waals surface area contributed by atoms with Gasteiger partial charge < -0.3 is 0 Å². The van der Waals surface area contributed by atoms with E-state index in [-0.39, 0.29) is 0 Å². The molecular weight excluding hydrogens is 204 g/mol. The summed E-state index contributed by atoms with van der Waals surface area (Å²) >= 11 is 0. The van der Waals surface area contributed by atoms with Gasteiger partial charge in [-0.25, -0.2) is 0 Å². The number of rotatable bonds is 7. The average molecular weight is 245 g/mol. The summed E-state index contributed by atoms with van der Waals surface area (Å²) in [7, 11) is 0. The topological polar surface area (TPSA) is 0 Å². The highest BCUT2D eigenvalue weighted by Crippen LogP contribution is 2.02. The molecule has 0 fully saturated rings. The van der Waals surface area contributed by atoms with E-state index in [1.165, 1.54) is 57.8 Å². The molecule has 0 amide bonds. The Morgan fingerprint density at radius 3 is 0.882 bits per heavy atom. The summed E-state index contributed by atoms with van der Waals surface area (Å²) < 4.78 is 0. The zero-order valence-electron chi connectivity index (χ0n) is 13.9. The maximum absolute atomic E-state index is 2.28. The van der Waals surface area contributed by atoms with Crippen LogP contribution in [0.4, 0.5) is 0 Å². The third-order valence-corrected chi connectivity index (χ3v) is 3.06. The fraction of sp³-hybridized carbons (Fsp3) is 1.00. The Kier molecular flexibility index (Phi) is 32.7. The zero-order chi connectivity index (χ0) is 13.9. The third-order valence-electron chi connectivity index (χ3n) is 3.06. The van der Waals surface area contributed by atoms with E-state index in [1.54, 1.807) is 0 Å².